The smallest absolute Gasteiger partial charge is 0.252 e. The highest BCUT2D eigenvalue weighted by molar-refractivity contribution is 5.93. The summed E-state index contributed by atoms with van der Waals surface area (Å²) in [5.41, 5.74) is 1.76. The van der Waals surface area contributed by atoms with Crippen molar-refractivity contribution in [2.24, 2.45) is 4.99 Å². The van der Waals surface area contributed by atoms with E-state index in [2.05, 4.69) is 59.0 Å². The van der Waals surface area contributed by atoms with Gasteiger partial charge < -0.3 is 16.0 Å². The fraction of sp³-hybridized carbons (Fsp3) is 0.381. The van der Waals surface area contributed by atoms with Crippen LogP contribution in [0.15, 0.2) is 59.9 Å². The summed E-state index contributed by atoms with van der Waals surface area (Å²) in [6.45, 7) is 8.93. The molecule has 1 aromatic heterocycles. The molecule has 0 saturated heterocycles. The Morgan fingerprint density at radius 1 is 1.04 bits per heavy atom. The Morgan fingerprint density at radius 3 is 2.44 bits per heavy atom. The molecule has 0 spiro atoms. The maximum absolute atomic E-state index is 12.0. The van der Waals surface area contributed by atoms with Crippen molar-refractivity contribution in [2.75, 3.05) is 26.2 Å². The van der Waals surface area contributed by atoms with Gasteiger partial charge in [0, 0.05) is 37.4 Å². The average molecular weight is 367 g/mol. The molecule has 2 aromatic rings. The maximum Gasteiger partial charge on any atom is 0.252 e. The zero-order chi connectivity index (χ0) is 19.5. The highest BCUT2D eigenvalue weighted by Crippen LogP contribution is 2.22. The normalized spacial score (nSPS) is 11.7. The van der Waals surface area contributed by atoms with Gasteiger partial charge in [0.1, 0.15) is 0 Å². The summed E-state index contributed by atoms with van der Waals surface area (Å²) in [4.78, 5) is 20.7. The van der Waals surface area contributed by atoms with Crippen LogP contribution in [0, 0.1) is 0 Å². The quantitative estimate of drug-likeness (QED) is 0.380. The number of carbonyl (C=O) groups is 1. The predicted molar refractivity (Wildman–Crippen MR) is 110 cm³/mol. The fourth-order valence-corrected chi connectivity index (χ4v) is 2.56. The third-order valence-electron chi connectivity index (χ3n) is 4.16. The van der Waals surface area contributed by atoms with Crippen molar-refractivity contribution in [3.05, 3.63) is 66.0 Å². The van der Waals surface area contributed by atoms with Gasteiger partial charge in [-0.3, -0.25) is 14.8 Å². The van der Waals surface area contributed by atoms with Gasteiger partial charge in [-0.1, -0.05) is 44.2 Å². The Bertz CT molecular complexity index is 729. The zero-order valence-corrected chi connectivity index (χ0v) is 16.3. The number of hydrogen-bond acceptors (Lipinski definition) is 3. The van der Waals surface area contributed by atoms with E-state index < -0.39 is 0 Å². The van der Waals surface area contributed by atoms with E-state index in [4.69, 9.17) is 4.99 Å². The van der Waals surface area contributed by atoms with Gasteiger partial charge in [0.15, 0.2) is 5.96 Å². The summed E-state index contributed by atoms with van der Waals surface area (Å²) in [5, 5.41) is 9.37. The van der Waals surface area contributed by atoms with Crippen molar-refractivity contribution in [3.63, 3.8) is 0 Å². The minimum absolute atomic E-state index is 0.0574. The maximum atomic E-state index is 12.0. The highest BCUT2D eigenvalue weighted by Gasteiger charge is 2.20. The van der Waals surface area contributed by atoms with Gasteiger partial charge in [0.2, 0.25) is 0 Å². The van der Waals surface area contributed by atoms with Crippen LogP contribution in [0.25, 0.3) is 0 Å². The van der Waals surface area contributed by atoms with Gasteiger partial charge >= 0.3 is 0 Å². The van der Waals surface area contributed by atoms with E-state index in [-0.39, 0.29) is 11.3 Å². The summed E-state index contributed by atoms with van der Waals surface area (Å²) in [6.07, 6.45) is 3.20. The van der Waals surface area contributed by atoms with Crippen LogP contribution in [-0.2, 0) is 5.41 Å². The largest absolute Gasteiger partial charge is 0.357 e. The van der Waals surface area contributed by atoms with Crippen molar-refractivity contribution in [1.29, 1.82) is 0 Å². The van der Waals surface area contributed by atoms with Crippen LogP contribution < -0.4 is 16.0 Å². The van der Waals surface area contributed by atoms with Crippen LogP contribution in [0.4, 0.5) is 0 Å². The Hall–Kier alpha value is -2.89. The SMILES string of the molecule is CCNC(=NCC(C)(C)c1ccccc1)NCCNC(=O)c1cccnc1. The molecule has 0 atom stereocenters. The Labute approximate surface area is 161 Å². The molecular formula is C21H29N5O. The first-order valence-electron chi connectivity index (χ1n) is 9.29. The molecule has 0 bridgehead atoms. The lowest BCUT2D eigenvalue weighted by Gasteiger charge is -2.24. The molecule has 2 rings (SSSR count). The van der Waals surface area contributed by atoms with E-state index in [1.165, 1.54) is 5.56 Å². The van der Waals surface area contributed by atoms with Gasteiger partial charge in [-0.05, 0) is 24.6 Å². The summed E-state index contributed by atoms with van der Waals surface area (Å²) in [6, 6.07) is 13.9. The van der Waals surface area contributed by atoms with Gasteiger partial charge in [0.05, 0.1) is 12.1 Å². The number of guanidine groups is 1. The van der Waals surface area contributed by atoms with Crippen molar-refractivity contribution in [2.45, 2.75) is 26.2 Å². The first-order chi connectivity index (χ1) is 13.0. The lowest BCUT2D eigenvalue weighted by atomic mass is 9.85. The van der Waals surface area contributed by atoms with E-state index in [0.717, 1.165) is 12.5 Å². The summed E-state index contributed by atoms with van der Waals surface area (Å²) < 4.78 is 0. The Kier molecular flexibility index (Phi) is 7.79. The van der Waals surface area contributed by atoms with E-state index in [1.807, 2.05) is 13.0 Å². The number of pyridine rings is 1. The lowest BCUT2D eigenvalue weighted by Crippen LogP contribution is -2.42. The summed E-state index contributed by atoms with van der Waals surface area (Å²) in [5.74, 6) is 0.620. The molecule has 0 aliphatic heterocycles. The highest BCUT2D eigenvalue weighted by atomic mass is 16.1. The predicted octanol–water partition coefficient (Wildman–Crippen LogP) is 2.34. The number of hydrogen-bond donors (Lipinski definition) is 3. The van der Waals surface area contributed by atoms with Crippen molar-refractivity contribution < 1.29 is 4.79 Å². The second kappa shape index (κ2) is 10.3. The van der Waals surface area contributed by atoms with Crippen LogP contribution in [0.5, 0.6) is 0 Å². The van der Waals surface area contributed by atoms with Crippen LogP contribution in [0.1, 0.15) is 36.7 Å². The zero-order valence-electron chi connectivity index (χ0n) is 16.3. The van der Waals surface area contributed by atoms with Crippen molar-refractivity contribution in [3.8, 4) is 0 Å². The fourth-order valence-electron chi connectivity index (χ4n) is 2.56. The number of aliphatic imine (C=N–C) groups is 1. The first kappa shape index (κ1) is 20.4. The molecule has 144 valence electrons. The molecule has 0 unspecified atom stereocenters. The number of nitrogens with one attached hydrogen (secondary N) is 3. The van der Waals surface area contributed by atoms with Crippen molar-refractivity contribution in [1.82, 2.24) is 20.9 Å². The van der Waals surface area contributed by atoms with Crippen molar-refractivity contribution >= 4 is 11.9 Å². The molecule has 3 N–H and O–H groups in total. The van der Waals surface area contributed by atoms with Crippen LogP contribution >= 0.6 is 0 Å². The van der Waals surface area contributed by atoms with Gasteiger partial charge in [0.25, 0.3) is 5.91 Å². The molecule has 0 aliphatic carbocycles. The molecule has 0 aliphatic rings. The number of amides is 1. The number of aromatic nitrogens is 1. The van der Waals surface area contributed by atoms with Crippen LogP contribution in [-0.4, -0.2) is 43.0 Å². The third kappa shape index (κ3) is 6.73. The molecule has 0 fully saturated rings. The number of benzene rings is 1. The monoisotopic (exact) mass is 367 g/mol. The molecule has 0 radical (unpaired) electrons. The molecule has 1 aromatic carbocycles. The third-order valence-corrected chi connectivity index (χ3v) is 4.16. The molecule has 27 heavy (non-hydrogen) atoms. The van der Waals surface area contributed by atoms with Crippen LogP contribution in [0.2, 0.25) is 0 Å². The van der Waals surface area contributed by atoms with Gasteiger partial charge in [-0.25, -0.2) is 0 Å². The molecular weight excluding hydrogens is 338 g/mol. The molecule has 1 amide bonds. The van der Waals surface area contributed by atoms with E-state index in [1.54, 1.807) is 24.5 Å². The lowest BCUT2D eigenvalue weighted by molar-refractivity contribution is 0.0954. The van der Waals surface area contributed by atoms with Crippen LogP contribution in [0.3, 0.4) is 0 Å². The second-order valence-electron chi connectivity index (χ2n) is 6.87. The standard InChI is InChI=1S/C21H29N5O/c1-4-23-20(26-16-21(2,3)18-10-6-5-7-11-18)25-14-13-24-19(27)17-9-8-12-22-15-17/h5-12,15H,4,13-14,16H2,1-3H3,(H,24,27)(H2,23,25,26). The number of rotatable bonds is 8. The molecule has 6 heteroatoms. The summed E-state index contributed by atoms with van der Waals surface area (Å²) >= 11 is 0. The van der Waals surface area contributed by atoms with Gasteiger partial charge in [-0.15, -0.1) is 0 Å². The van der Waals surface area contributed by atoms with Gasteiger partial charge in [-0.2, -0.15) is 0 Å². The topological polar surface area (TPSA) is 78.4 Å². The van der Waals surface area contributed by atoms with E-state index in [0.29, 0.717) is 25.2 Å². The number of nitrogens with zero attached hydrogens (tertiary/aromatic N) is 2. The summed E-state index contributed by atoms with van der Waals surface area (Å²) in [7, 11) is 0. The average Bonchev–Trinajstić information content (AvgIpc) is 2.70. The van der Waals surface area contributed by atoms with E-state index in [9.17, 15) is 4.79 Å². The Morgan fingerprint density at radius 2 is 1.78 bits per heavy atom. The molecule has 0 saturated carbocycles. The minimum Gasteiger partial charge on any atom is -0.357 e. The molecule has 1 heterocycles. The second-order valence-corrected chi connectivity index (χ2v) is 6.87. The van der Waals surface area contributed by atoms with E-state index >= 15 is 0 Å². The minimum atomic E-state index is -0.128. The molecule has 6 nitrogen and oxygen atoms in total. The Balaban J connectivity index is 1.84. The first-order valence-corrected chi connectivity index (χ1v) is 9.29. The number of carbonyl (C=O) groups excluding carboxylic acids is 1.